The standard InChI is InChI=1S/C40H52FN5O5/c1-27(2)46-22-31(21-43-46)30-11-18-42-35(20-30)45(36(48)29-5-8-33(9-6-29)51-37(49)44-24-40(41,25-44)26-47)23-38-12-15-39(16-13-38,17-14-38)32-7-10-34(50-4)28(3)19-32/h7,10-11,18-22,27,29,33,47H,5-6,8-9,12-17,23-26H2,1-4H3. The van der Waals surface area contributed by atoms with Gasteiger partial charge in [-0.05, 0) is 131 Å². The van der Waals surface area contributed by atoms with E-state index in [1.165, 1.54) is 16.0 Å². The third kappa shape index (κ3) is 6.98. The summed E-state index contributed by atoms with van der Waals surface area (Å²) in [5.74, 6) is 1.46. The van der Waals surface area contributed by atoms with E-state index in [9.17, 15) is 19.1 Å². The molecule has 1 aliphatic heterocycles. The minimum atomic E-state index is -1.74. The molecule has 51 heavy (non-hydrogen) atoms. The number of hydrogen-bond donors (Lipinski definition) is 1. The second-order valence-corrected chi connectivity index (χ2v) is 16.1. The number of carbonyl (C=O) groups excluding carboxylic acids is 2. The number of hydrogen-bond acceptors (Lipinski definition) is 7. The molecule has 2 amide bonds. The Kier molecular flexibility index (Phi) is 9.62. The molecule has 1 N–H and O–H groups in total. The van der Waals surface area contributed by atoms with Gasteiger partial charge in [0.25, 0.3) is 0 Å². The van der Waals surface area contributed by atoms with Gasteiger partial charge in [0.05, 0.1) is 33.0 Å². The van der Waals surface area contributed by atoms with E-state index in [0.717, 1.165) is 55.4 Å². The molecule has 0 spiro atoms. The second-order valence-electron chi connectivity index (χ2n) is 16.1. The largest absolute Gasteiger partial charge is 0.496 e. The lowest BCUT2D eigenvalue weighted by molar-refractivity contribution is -0.125. The van der Waals surface area contributed by atoms with E-state index in [1.807, 2.05) is 34.1 Å². The fraction of sp³-hybridized carbons (Fsp3) is 0.600. The molecule has 5 fully saturated rings. The molecular formula is C40H52FN5O5. The number of fused-ring (bicyclic) bond motifs is 3. The molecule has 1 saturated heterocycles. The van der Waals surface area contributed by atoms with Crippen LogP contribution in [0.4, 0.5) is 15.0 Å². The quantitative estimate of drug-likeness (QED) is 0.239. The molecule has 11 heteroatoms. The molecule has 2 aromatic heterocycles. The average Bonchev–Trinajstić information content (AvgIpc) is 3.65. The molecule has 2 bridgehead atoms. The van der Waals surface area contributed by atoms with Crippen molar-refractivity contribution in [3.63, 3.8) is 0 Å². The van der Waals surface area contributed by atoms with E-state index >= 15 is 0 Å². The summed E-state index contributed by atoms with van der Waals surface area (Å²) < 4.78 is 27.3. The molecule has 4 saturated carbocycles. The van der Waals surface area contributed by atoms with Gasteiger partial charge in [-0.25, -0.2) is 14.2 Å². The predicted molar refractivity (Wildman–Crippen MR) is 192 cm³/mol. The first-order valence-corrected chi connectivity index (χ1v) is 18.7. The number of aromatic nitrogens is 3. The van der Waals surface area contributed by atoms with Crippen molar-refractivity contribution in [1.82, 2.24) is 19.7 Å². The zero-order chi connectivity index (χ0) is 36.0. The van der Waals surface area contributed by atoms with Crippen molar-refractivity contribution in [2.75, 3.05) is 38.3 Å². The van der Waals surface area contributed by atoms with Crippen molar-refractivity contribution >= 4 is 17.8 Å². The van der Waals surface area contributed by atoms with Gasteiger partial charge in [-0.2, -0.15) is 5.10 Å². The molecule has 0 unspecified atom stereocenters. The van der Waals surface area contributed by atoms with Crippen LogP contribution in [0, 0.1) is 18.3 Å². The maximum Gasteiger partial charge on any atom is 0.410 e. The number of carbonyl (C=O) groups is 2. The third-order valence-electron chi connectivity index (χ3n) is 12.4. The maximum absolute atomic E-state index is 14.6. The molecule has 4 aliphatic carbocycles. The lowest BCUT2D eigenvalue weighted by atomic mass is 9.51. The van der Waals surface area contributed by atoms with Gasteiger partial charge in [-0.15, -0.1) is 0 Å². The summed E-state index contributed by atoms with van der Waals surface area (Å²) in [6.45, 7) is 6.02. The van der Waals surface area contributed by atoms with E-state index in [-0.39, 0.29) is 47.9 Å². The number of amides is 2. The summed E-state index contributed by atoms with van der Waals surface area (Å²) in [4.78, 5) is 35.3. The molecule has 3 heterocycles. The highest BCUT2D eigenvalue weighted by atomic mass is 19.1. The van der Waals surface area contributed by atoms with Crippen LogP contribution in [0.1, 0.15) is 95.2 Å². The fourth-order valence-electron chi connectivity index (χ4n) is 9.00. The van der Waals surface area contributed by atoms with Crippen LogP contribution in [0.3, 0.4) is 0 Å². The van der Waals surface area contributed by atoms with Gasteiger partial charge < -0.3 is 19.5 Å². The number of methoxy groups -OCH3 is 1. The highest BCUT2D eigenvalue weighted by molar-refractivity contribution is 5.95. The number of halogens is 1. The molecule has 5 aliphatic rings. The van der Waals surface area contributed by atoms with Gasteiger partial charge in [0.15, 0.2) is 5.67 Å². The Morgan fingerprint density at radius 2 is 1.73 bits per heavy atom. The number of alkyl halides is 1. The van der Waals surface area contributed by atoms with Crippen LogP contribution in [0.15, 0.2) is 48.9 Å². The van der Waals surface area contributed by atoms with E-state index in [2.05, 4.69) is 44.1 Å². The Morgan fingerprint density at radius 1 is 1.02 bits per heavy atom. The number of anilines is 1. The lowest BCUT2D eigenvalue weighted by Gasteiger charge is -2.55. The van der Waals surface area contributed by atoms with Crippen molar-refractivity contribution < 1.29 is 28.6 Å². The smallest absolute Gasteiger partial charge is 0.410 e. The Bertz CT molecular complexity index is 1720. The summed E-state index contributed by atoms with van der Waals surface area (Å²) >= 11 is 0. The first kappa shape index (κ1) is 35.4. The third-order valence-corrected chi connectivity index (χ3v) is 12.4. The Labute approximate surface area is 300 Å². The number of aliphatic hydroxyl groups is 1. The SMILES string of the molecule is COc1ccc(C23CCC(CN(C(=O)C4CCC(OC(=O)N5CC(F)(CO)C5)CC4)c4cc(-c5cnn(C(C)C)c5)ccn4)(CC2)CC3)cc1C. The van der Waals surface area contributed by atoms with Gasteiger partial charge in [-0.3, -0.25) is 14.4 Å². The van der Waals surface area contributed by atoms with Gasteiger partial charge in [0.2, 0.25) is 5.91 Å². The molecule has 8 rings (SSSR count). The van der Waals surface area contributed by atoms with Crippen LogP contribution in [-0.4, -0.2) is 81.9 Å². The van der Waals surface area contributed by atoms with E-state index < -0.39 is 18.4 Å². The second kappa shape index (κ2) is 13.9. The summed E-state index contributed by atoms with van der Waals surface area (Å²) in [6.07, 6.45) is 13.6. The van der Waals surface area contributed by atoms with Gasteiger partial charge in [0.1, 0.15) is 17.7 Å². The van der Waals surface area contributed by atoms with Gasteiger partial charge in [0, 0.05) is 36.5 Å². The monoisotopic (exact) mass is 701 g/mol. The Balaban J connectivity index is 1.08. The number of rotatable bonds is 10. The minimum Gasteiger partial charge on any atom is -0.496 e. The topological polar surface area (TPSA) is 110 Å². The van der Waals surface area contributed by atoms with Crippen LogP contribution < -0.4 is 9.64 Å². The fourth-order valence-corrected chi connectivity index (χ4v) is 9.00. The summed E-state index contributed by atoms with van der Waals surface area (Å²) in [6, 6.07) is 10.9. The van der Waals surface area contributed by atoms with Crippen molar-refractivity contribution in [1.29, 1.82) is 0 Å². The lowest BCUT2D eigenvalue weighted by Crippen LogP contribution is -2.63. The maximum atomic E-state index is 14.6. The molecule has 1 aromatic carbocycles. The molecule has 0 radical (unpaired) electrons. The molecule has 3 aromatic rings. The van der Waals surface area contributed by atoms with E-state index in [4.69, 9.17) is 14.5 Å². The van der Waals surface area contributed by atoms with Gasteiger partial charge in [-0.1, -0.05) is 12.1 Å². The van der Waals surface area contributed by atoms with Crippen LogP contribution in [0.2, 0.25) is 0 Å². The first-order valence-electron chi connectivity index (χ1n) is 18.7. The number of aliphatic hydroxyl groups excluding tert-OH is 1. The van der Waals surface area contributed by atoms with Crippen LogP contribution in [0.25, 0.3) is 11.1 Å². The number of ether oxygens (including phenoxy) is 2. The minimum absolute atomic E-state index is 0.0172. The van der Waals surface area contributed by atoms with Crippen molar-refractivity contribution in [2.45, 2.75) is 108 Å². The zero-order valence-corrected chi connectivity index (χ0v) is 30.4. The molecular weight excluding hydrogens is 649 g/mol. The van der Waals surface area contributed by atoms with Crippen LogP contribution in [0.5, 0.6) is 5.75 Å². The Morgan fingerprint density at radius 3 is 2.33 bits per heavy atom. The van der Waals surface area contributed by atoms with E-state index in [1.54, 1.807) is 13.3 Å². The van der Waals surface area contributed by atoms with Crippen molar-refractivity contribution in [2.24, 2.45) is 11.3 Å². The highest BCUT2D eigenvalue weighted by Gasteiger charge is 2.51. The predicted octanol–water partition coefficient (Wildman–Crippen LogP) is 7.18. The summed E-state index contributed by atoms with van der Waals surface area (Å²) in [5.41, 5.74) is 2.98. The summed E-state index contributed by atoms with van der Waals surface area (Å²) in [7, 11) is 1.72. The average molecular weight is 702 g/mol. The van der Waals surface area contributed by atoms with Gasteiger partial charge >= 0.3 is 6.09 Å². The van der Waals surface area contributed by atoms with Crippen molar-refractivity contribution in [3.05, 3.63) is 60.0 Å². The van der Waals surface area contributed by atoms with Crippen LogP contribution >= 0.6 is 0 Å². The highest BCUT2D eigenvalue weighted by Crippen LogP contribution is 2.58. The number of likely N-dealkylation sites (tertiary alicyclic amines) is 1. The molecule has 274 valence electrons. The van der Waals surface area contributed by atoms with Crippen molar-refractivity contribution in [3.8, 4) is 16.9 Å². The van der Waals surface area contributed by atoms with E-state index in [0.29, 0.717) is 38.0 Å². The molecule has 0 atom stereocenters. The number of aryl methyl sites for hydroxylation is 1. The number of nitrogens with zero attached hydrogens (tertiary/aromatic N) is 5. The Hall–Kier alpha value is -3.99. The first-order chi connectivity index (χ1) is 24.4. The van der Waals surface area contributed by atoms with Crippen LogP contribution in [-0.2, 0) is 14.9 Å². The number of pyridine rings is 1. The normalized spacial score (nSPS) is 26.8. The number of benzene rings is 1. The summed E-state index contributed by atoms with van der Waals surface area (Å²) in [5, 5.41) is 13.7. The molecule has 10 nitrogen and oxygen atoms in total. The zero-order valence-electron chi connectivity index (χ0n) is 30.4.